The lowest BCUT2D eigenvalue weighted by Crippen LogP contribution is -2.44. The van der Waals surface area contributed by atoms with Crippen molar-refractivity contribution in [3.05, 3.63) is 28.8 Å². The van der Waals surface area contributed by atoms with Gasteiger partial charge in [0.2, 0.25) is 5.91 Å². The molecule has 1 N–H and O–H groups in total. The van der Waals surface area contributed by atoms with Crippen molar-refractivity contribution in [3.8, 4) is 0 Å². The van der Waals surface area contributed by atoms with Gasteiger partial charge < -0.3 is 19.7 Å². The van der Waals surface area contributed by atoms with Gasteiger partial charge in [0.15, 0.2) is 0 Å². The maximum atomic E-state index is 12.8. The first-order chi connectivity index (χ1) is 13.4. The molecule has 0 spiro atoms. The molecule has 0 bridgehead atoms. The molecule has 152 valence electrons. The van der Waals surface area contributed by atoms with Gasteiger partial charge in [-0.2, -0.15) is 0 Å². The number of amides is 2. The Labute approximate surface area is 169 Å². The number of hydrogen-bond donors (Lipinski definition) is 1. The van der Waals surface area contributed by atoms with Crippen molar-refractivity contribution in [2.45, 2.75) is 45.9 Å². The summed E-state index contributed by atoms with van der Waals surface area (Å²) in [5.74, 6) is -0.198. The van der Waals surface area contributed by atoms with Gasteiger partial charge in [-0.15, -0.1) is 11.3 Å². The van der Waals surface area contributed by atoms with Crippen molar-refractivity contribution in [2.24, 2.45) is 0 Å². The van der Waals surface area contributed by atoms with Crippen molar-refractivity contribution >= 4 is 33.4 Å². The van der Waals surface area contributed by atoms with E-state index in [2.05, 4.69) is 10.3 Å². The Morgan fingerprint density at radius 3 is 2.89 bits per heavy atom. The molecule has 1 fully saturated rings. The highest BCUT2D eigenvalue weighted by Crippen LogP contribution is 2.37. The van der Waals surface area contributed by atoms with Crippen LogP contribution < -0.4 is 5.32 Å². The van der Waals surface area contributed by atoms with E-state index >= 15 is 0 Å². The first-order valence-electron chi connectivity index (χ1n) is 9.56. The van der Waals surface area contributed by atoms with E-state index in [9.17, 15) is 9.59 Å². The van der Waals surface area contributed by atoms with E-state index in [0.29, 0.717) is 24.6 Å². The van der Waals surface area contributed by atoms with Crippen molar-refractivity contribution in [3.63, 3.8) is 0 Å². The molecule has 2 amide bonds. The standard InChI is InChI=1S/C20H27N3O4S/c1-12(2)22-19(25)18-17(14-6-5-7-21-20(14)28-18)15-10-23(8-9-26-15)16(24)11-27-13(3)4/h5-7,12-13,15H,8-11H2,1-4H3,(H,22,25). The molecule has 1 aliphatic rings. The molecule has 2 aromatic heterocycles. The third kappa shape index (κ3) is 4.68. The highest BCUT2D eigenvalue weighted by atomic mass is 32.1. The van der Waals surface area contributed by atoms with Gasteiger partial charge in [0, 0.05) is 29.7 Å². The third-order valence-corrected chi connectivity index (χ3v) is 5.54. The molecule has 8 heteroatoms. The largest absolute Gasteiger partial charge is 0.370 e. The van der Waals surface area contributed by atoms with Crippen LogP contribution in [0.1, 0.15) is 49.0 Å². The van der Waals surface area contributed by atoms with Gasteiger partial charge in [0.25, 0.3) is 5.91 Å². The van der Waals surface area contributed by atoms with E-state index in [1.807, 2.05) is 39.8 Å². The third-order valence-electron chi connectivity index (χ3n) is 4.41. The minimum atomic E-state index is -0.373. The summed E-state index contributed by atoms with van der Waals surface area (Å²) in [4.78, 5) is 32.8. The van der Waals surface area contributed by atoms with E-state index in [1.165, 1.54) is 11.3 Å². The zero-order valence-electron chi connectivity index (χ0n) is 16.7. The average molecular weight is 406 g/mol. The van der Waals surface area contributed by atoms with Crippen molar-refractivity contribution in [1.82, 2.24) is 15.2 Å². The molecule has 7 nitrogen and oxygen atoms in total. The quantitative estimate of drug-likeness (QED) is 0.799. The molecular formula is C20H27N3O4S. The minimum Gasteiger partial charge on any atom is -0.370 e. The number of fused-ring (bicyclic) bond motifs is 1. The van der Waals surface area contributed by atoms with Crippen LogP contribution in [0.15, 0.2) is 18.3 Å². The fourth-order valence-corrected chi connectivity index (χ4v) is 4.24. The summed E-state index contributed by atoms with van der Waals surface area (Å²) in [5.41, 5.74) is 0.813. The molecule has 0 saturated carbocycles. The molecule has 1 atom stereocenters. The topological polar surface area (TPSA) is 80.8 Å². The Hall–Kier alpha value is -2.03. The van der Waals surface area contributed by atoms with E-state index < -0.39 is 0 Å². The number of ether oxygens (including phenoxy) is 2. The van der Waals surface area contributed by atoms with Crippen molar-refractivity contribution in [2.75, 3.05) is 26.3 Å². The van der Waals surface area contributed by atoms with Crippen LogP contribution in [0.2, 0.25) is 0 Å². The molecule has 3 heterocycles. The molecule has 0 radical (unpaired) electrons. The van der Waals surface area contributed by atoms with E-state index in [1.54, 1.807) is 11.1 Å². The van der Waals surface area contributed by atoms with Crippen LogP contribution in [-0.2, 0) is 14.3 Å². The van der Waals surface area contributed by atoms with Crippen LogP contribution in [0.4, 0.5) is 0 Å². The number of rotatable bonds is 6. The lowest BCUT2D eigenvalue weighted by Gasteiger charge is -2.33. The van der Waals surface area contributed by atoms with Gasteiger partial charge >= 0.3 is 0 Å². The number of nitrogens with one attached hydrogen (secondary N) is 1. The Kier molecular flexibility index (Phi) is 6.64. The second-order valence-corrected chi connectivity index (χ2v) is 8.39. The lowest BCUT2D eigenvalue weighted by molar-refractivity contribution is -0.145. The highest BCUT2D eigenvalue weighted by molar-refractivity contribution is 7.20. The highest BCUT2D eigenvalue weighted by Gasteiger charge is 2.32. The molecule has 3 rings (SSSR count). The number of carbonyl (C=O) groups excluding carboxylic acids is 2. The SMILES string of the molecule is CC(C)NC(=O)c1sc2ncccc2c1C1CN(C(=O)COC(C)C)CCO1. The molecular weight excluding hydrogens is 378 g/mol. The number of pyridine rings is 1. The van der Waals surface area contributed by atoms with Gasteiger partial charge in [-0.05, 0) is 33.8 Å². The fourth-order valence-electron chi connectivity index (χ4n) is 3.15. The summed E-state index contributed by atoms with van der Waals surface area (Å²) < 4.78 is 11.5. The minimum absolute atomic E-state index is 0.000916. The number of nitrogens with zero attached hydrogens (tertiary/aromatic N) is 2. The summed E-state index contributed by atoms with van der Waals surface area (Å²) in [6, 6.07) is 3.83. The van der Waals surface area contributed by atoms with Crippen LogP contribution >= 0.6 is 11.3 Å². The van der Waals surface area contributed by atoms with E-state index in [0.717, 1.165) is 15.8 Å². The molecule has 0 aliphatic carbocycles. The Morgan fingerprint density at radius 2 is 2.18 bits per heavy atom. The van der Waals surface area contributed by atoms with Crippen LogP contribution in [0, 0.1) is 0 Å². The van der Waals surface area contributed by atoms with Crippen LogP contribution in [0.25, 0.3) is 10.2 Å². The predicted octanol–water partition coefficient (Wildman–Crippen LogP) is 2.76. The Morgan fingerprint density at radius 1 is 1.39 bits per heavy atom. The zero-order chi connectivity index (χ0) is 20.3. The first-order valence-corrected chi connectivity index (χ1v) is 10.4. The zero-order valence-corrected chi connectivity index (χ0v) is 17.5. The van der Waals surface area contributed by atoms with Gasteiger partial charge in [0.1, 0.15) is 22.4 Å². The maximum absolute atomic E-state index is 12.8. The summed E-state index contributed by atoms with van der Waals surface area (Å²) >= 11 is 1.36. The second-order valence-electron chi connectivity index (χ2n) is 7.39. The lowest BCUT2D eigenvalue weighted by atomic mass is 10.0. The summed E-state index contributed by atoms with van der Waals surface area (Å²) in [5, 5.41) is 3.86. The smallest absolute Gasteiger partial charge is 0.262 e. The number of morpholine rings is 1. The number of carbonyl (C=O) groups is 2. The van der Waals surface area contributed by atoms with Crippen LogP contribution in [0.3, 0.4) is 0 Å². The van der Waals surface area contributed by atoms with Gasteiger partial charge in [0.05, 0.1) is 19.3 Å². The van der Waals surface area contributed by atoms with E-state index in [-0.39, 0.29) is 36.7 Å². The van der Waals surface area contributed by atoms with Gasteiger partial charge in [-0.3, -0.25) is 9.59 Å². The van der Waals surface area contributed by atoms with Crippen LogP contribution in [-0.4, -0.2) is 60.1 Å². The van der Waals surface area contributed by atoms with Gasteiger partial charge in [-0.1, -0.05) is 6.07 Å². The molecule has 0 aromatic carbocycles. The molecule has 1 unspecified atom stereocenters. The van der Waals surface area contributed by atoms with Crippen LogP contribution in [0.5, 0.6) is 0 Å². The van der Waals surface area contributed by atoms with Crippen molar-refractivity contribution in [1.29, 1.82) is 0 Å². The predicted molar refractivity (Wildman–Crippen MR) is 109 cm³/mol. The summed E-state index contributed by atoms with van der Waals surface area (Å²) in [6.45, 7) is 9.04. The molecule has 28 heavy (non-hydrogen) atoms. The fraction of sp³-hybridized carbons (Fsp3) is 0.550. The first kappa shape index (κ1) is 20.7. The number of hydrogen-bond acceptors (Lipinski definition) is 6. The van der Waals surface area contributed by atoms with Crippen molar-refractivity contribution < 1.29 is 19.1 Å². The molecule has 1 saturated heterocycles. The summed E-state index contributed by atoms with van der Waals surface area (Å²) in [7, 11) is 0. The maximum Gasteiger partial charge on any atom is 0.262 e. The monoisotopic (exact) mass is 405 g/mol. The summed E-state index contributed by atoms with van der Waals surface area (Å²) in [6.07, 6.45) is 1.34. The Bertz CT molecular complexity index is 849. The molecule has 2 aromatic rings. The Balaban J connectivity index is 1.89. The second kappa shape index (κ2) is 8.98. The number of thiophene rings is 1. The number of aromatic nitrogens is 1. The van der Waals surface area contributed by atoms with E-state index in [4.69, 9.17) is 9.47 Å². The van der Waals surface area contributed by atoms with Gasteiger partial charge in [-0.25, -0.2) is 4.98 Å². The average Bonchev–Trinajstić information content (AvgIpc) is 3.05. The molecule has 1 aliphatic heterocycles. The normalized spacial score (nSPS) is 17.5.